The molecule has 8 bridgehead atoms. The number of benzene rings is 3. The van der Waals surface area contributed by atoms with Crippen molar-refractivity contribution in [3.05, 3.63) is 210 Å². The number of aromatic nitrogens is 7. The first-order chi connectivity index (χ1) is 30.9. The van der Waals surface area contributed by atoms with Crippen molar-refractivity contribution in [1.82, 2.24) is 29.9 Å². The Labute approximate surface area is 386 Å². The van der Waals surface area contributed by atoms with E-state index < -0.39 is 0 Å². The molecule has 0 amide bonds. The van der Waals surface area contributed by atoms with Gasteiger partial charge in [-0.25, -0.2) is 15.0 Å². The van der Waals surface area contributed by atoms with Crippen LogP contribution in [-0.4, -0.2) is 29.9 Å². The van der Waals surface area contributed by atoms with Crippen LogP contribution in [0.2, 0.25) is 0 Å². The minimum absolute atomic E-state index is 0. The van der Waals surface area contributed by atoms with E-state index in [-0.39, 0.29) is 21.1 Å². The number of aryl methyl sites for hydroxylation is 3. The molecule has 0 unspecified atom stereocenters. The van der Waals surface area contributed by atoms with Crippen LogP contribution in [0.25, 0.3) is 102 Å². The van der Waals surface area contributed by atoms with Gasteiger partial charge >= 0.3 is 21.1 Å². The molecule has 0 radical (unpaired) electrons. The van der Waals surface area contributed by atoms with E-state index in [4.69, 9.17) is 9.97 Å². The summed E-state index contributed by atoms with van der Waals surface area (Å²) >= 11 is 0. The number of aromatic amines is 3. The minimum Gasteiger partial charge on any atom is -0.354 e. The van der Waals surface area contributed by atoms with Crippen molar-refractivity contribution in [2.24, 2.45) is 0 Å². The van der Waals surface area contributed by atoms with Crippen LogP contribution in [0.3, 0.4) is 0 Å². The summed E-state index contributed by atoms with van der Waals surface area (Å²) in [5.74, 6) is 0. The Hall–Kier alpha value is -7.60. The Bertz CT molecular complexity index is 3140. The number of nitrogens with zero attached hydrogens (tertiary/aromatic N) is 4. The maximum absolute atomic E-state index is 5.36. The monoisotopic (exact) mass is 1010 g/mol. The molecule has 9 aromatic rings. The van der Waals surface area contributed by atoms with Crippen molar-refractivity contribution in [1.29, 1.82) is 0 Å². The van der Waals surface area contributed by atoms with Crippen LogP contribution in [0.15, 0.2) is 171 Å². The molecule has 64 heavy (non-hydrogen) atoms. The van der Waals surface area contributed by atoms with Gasteiger partial charge in [-0.1, -0.05) is 89.5 Å². The number of nitrogens with one attached hydrogen (secondary N) is 3. The number of fused-ring (bicyclic) bond motifs is 8. The van der Waals surface area contributed by atoms with E-state index in [9.17, 15) is 0 Å². The van der Waals surface area contributed by atoms with E-state index in [0.717, 1.165) is 89.4 Å². The molecule has 0 spiro atoms. The van der Waals surface area contributed by atoms with Crippen molar-refractivity contribution >= 4 is 46.4 Å². The van der Waals surface area contributed by atoms with E-state index in [1.165, 1.54) is 27.8 Å². The fraction of sp³-hybridized carbons (Fsp3) is 0.0536. The fourth-order valence-electron chi connectivity index (χ4n) is 8.22. The van der Waals surface area contributed by atoms with E-state index in [2.05, 4.69) is 167 Å². The zero-order valence-electron chi connectivity index (χ0n) is 35.6. The summed E-state index contributed by atoms with van der Waals surface area (Å²) in [5, 5.41) is 0. The van der Waals surface area contributed by atoms with Crippen LogP contribution in [0, 0.1) is 20.8 Å². The second-order valence-electron chi connectivity index (χ2n) is 15.9. The molecule has 0 aliphatic carbocycles. The van der Waals surface area contributed by atoms with Crippen LogP contribution in [0.1, 0.15) is 39.5 Å². The van der Waals surface area contributed by atoms with E-state index >= 15 is 0 Å². The fourth-order valence-corrected chi connectivity index (χ4v) is 8.22. The molecule has 0 saturated heterocycles. The third-order valence-corrected chi connectivity index (χ3v) is 11.5. The molecular weight excluding hydrogens is 966 g/mol. The molecule has 2 aliphatic rings. The van der Waals surface area contributed by atoms with Crippen LogP contribution in [0.4, 0.5) is 0 Å². The molecule has 3 aromatic carbocycles. The second-order valence-corrected chi connectivity index (χ2v) is 15.9. The Balaban J connectivity index is 0.000000345. The zero-order valence-corrected chi connectivity index (χ0v) is 37.9. The average Bonchev–Trinajstić information content (AvgIpc) is 4.18. The van der Waals surface area contributed by atoms with Gasteiger partial charge in [0.05, 0.1) is 22.8 Å². The molecule has 8 heteroatoms. The Morgan fingerprint density at radius 3 is 1.05 bits per heavy atom. The Kier molecular flexibility index (Phi) is 12.0. The Morgan fingerprint density at radius 1 is 0.328 bits per heavy atom. The van der Waals surface area contributed by atoms with E-state index in [0.29, 0.717) is 0 Å². The van der Waals surface area contributed by atoms with Gasteiger partial charge in [-0.05, 0) is 127 Å². The molecule has 0 atom stereocenters. The molecule has 0 fully saturated rings. The molecule has 7 nitrogen and oxygen atoms in total. The average molecular weight is 1010 g/mol. The largest absolute Gasteiger partial charge is 2.00 e. The van der Waals surface area contributed by atoms with Gasteiger partial charge in [0.15, 0.2) is 12.4 Å². The molecule has 2 aliphatic heterocycles. The van der Waals surface area contributed by atoms with Crippen molar-refractivity contribution in [3.63, 3.8) is 0 Å². The van der Waals surface area contributed by atoms with Crippen molar-refractivity contribution in [2.75, 3.05) is 0 Å². The third kappa shape index (κ3) is 8.59. The zero-order chi connectivity index (χ0) is 42.7. The SMILES string of the molecule is Cc1ccc(-c2c3nc(c(-c4ccncc4)c4nc(c(-c5ccc(C)cc5)c5ccc([nH]5)c(-c5ccc(C)cc5)c5ccc2[nH]5)C=C4)C=C3)cc1.[Pt+2].c1cc(-c2cc[nH+]cc2)ccn1. The smallest absolute Gasteiger partial charge is 0.354 e. The number of hydrogen-bond donors (Lipinski definition) is 2. The first kappa shape index (κ1) is 41.7. The van der Waals surface area contributed by atoms with Crippen LogP contribution >= 0.6 is 0 Å². The number of hydrogen-bond acceptors (Lipinski definition) is 4. The van der Waals surface area contributed by atoms with Gasteiger partial charge in [0.2, 0.25) is 0 Å². The summed E-state index contributed by atoms with van der Waals surface area (Å²) < 4.78 is 0. The maximum Gasteiger partial charge on any atom is 2.00 e. The predicted octanol–water partition coefficient (Wildman–Crippen LogP) is 13.2. The van der Waals surface area contributed by atoms with Gasteiger partial charge in [0, 0.05) is 81.2 Å². The molecule has 6 aromatic heterocycles. The third-order valence-electron chi connectivity index (χ3n) is 11.5. The van der Waals surface area contributed by atoms with Gasteiger partial charge in [0.1, 0.15) is 0 Å². The summed E-state index contributed by atoms with van der Waals surface area (Å²) in [7, 11) is 0. The summed E-state index contributed by atoms with van der Waals surface area (Å²) in [6.45, 7) is 6.36. The normalized spacial score (nSPS) is 11.4. The van der Waals surface area contributed by atoms with Crippen LogP contribution < -0.4 is 4.98 Å². The summed E-state index contributed by atoms with van der Waals surface area (Å²) in [4.78, 5) is 29.7. The number of H-pyrrole nitrogens is 3. The topological polar surface area (TPSA) is 97.3 Å². The number of rotatable bonds is 5. The van der Waals surface area contributed by atoms with Gasteiger partial charge < -0.3 is 9.97 Å². The predicted molar refractivity (Wildman–Crippen MR) is 259 cm³/mol. The summed E-state index contributed by atoms with van der Waals surface area (Å²) in [6.07, 6.45) is 19.5. The molecule has 3 N–H and O–H groups in total. The van der Waals surface area contributed by atoms with Gasteiger partial charge in [-0.3, -0.25) is 9.97 Å². The summed E-state index contributed by atoms with van der Waals surface area (Å²) in [6, 6.07) is 47.0. The minimum atomic E-state index is 0. The first-order valence-corrected chi connectivity index (χ1v) is 21.1. The number of pyridine rings is 3. The quantitative estimate of drug-likeness (QED) is 0.179. The van der Waals surface area contributed by atoms with E-state index in [1.807, 2.05) is 61.2 Å². The van der Waals surface area contributed by atoms with E-state index in [1.54, 1.807) is 12.4 Å². The molecule has 8 heterocycles. The van der Waals surface area contributed by atoms with Gasteiger partial charge in [-0.15, -0.1) is 0 Å². The van der Waals surface area contributed by atoms with Crippen molar-refractivity contribution in [3.8, 4) is 55.6 Å². The Morgan fingerprint density at radius 2 is 0.641 bits per heavy atom. The van der Waals surface area contributed by atoms with Gasteiger partial charge in [0.25, 0.3) is 0 Å². The molecule has 310 valence electrons. The van der Waals surface area contributed by atoms with Crippen LogP contribution in [-0.2, 0) is 21.1 Å². The summed E-state index contributed by atoms with van der Waals surface area (Å²) in [5.41, 5.74) is 22.0. The standard InChI is InChI=1S/C46H35N5.C10H8N2.Pt/c1-28-4-10-31(11-5-28)43-35-16-18-37(48-35)44(32-12-6-29(2)7-13-32)39-20-22-41(50-39)46(34-24-26-47-27-25-34)42-23-21-40(51-42)45(38-19-17-36(43)49-38)33-14-8-30(3)9-15-33;1-5-11-6-2-9(1)10-3-7-12-8-4-10;/h4-27,48-49H,1-3H3;1-8H;/q;;+2/p+1. The first-order valence-electron chi connectivity index (χ1n) is 21.1. The maximum atomic E-state index is 5.36. The van der Waals surface area contributed by atoms with Crippen molar-refractivity contribution < 1.29 is 26.0 Å². The molecule has 11 rings (SSSR count). The molecule has 0 saturated carbocycles. The molecular formula is C56H44N7Pt+3. The van der Waals surface area contributed by atoms with Crippen molar-refractivity contribution in [2.45, 2.75) is 20.8 Å². The second kappa shape index (κ2) is 18.4. The van der Waals surface area contributed by atoms with Crippen LogP contribution in [0.5, 0.6) is 0 Å². The van der Waals surface area contributed by atoms with Gasteiger partial charge in [-0.2, -0.15) is 0 Å².